The third kappa shape index (κ3) is 5.75. The SMILES string of the molecule is CC1[CH-]O1.[W].[Y]. The van der Waals surface area contributed by atoms with Gasteiger partial charge in [0, 0.05) is 53.8 Å². The molecule has 1 aliphatic heterocycles. The molecule has 33 valence electrons. The fourth-order valence-corrected chi connectivity index (χ4v) is 0.0786. The Morgan fingerprint density at radius 3 is 1.83 bits per heavy atom. The summed E-state index contributed by atoms with van der Waals surface area (Å²) in [7, 11) is 0. The van der Waals surface area contributed by atoms with Crippen molar-refractivity contribution in [1.82, 2.24) is 0 Å². The van der Waals surface area contributed by atoms with E-state index < -0.39 is 0 Å². The normalized spacial score (nSPS) is 26.5. The minimum atomic E-state index is 0. The molecule has 3 heteroatoms. The number of rotatable bonds is 0. The van der Waals surface area contributed by atoms with E-state index in [2.05, 4.69) is 4.74 Å². The molecule has 1 heterocycles. The molecule has 0 aromatic heterocycles. The average molecular weight is 330 g/mol. The molecule has 0 bridgehead atoms. The number of hydrogen-bond donors (Lipinski definition) is 0. The zero-order valence-electron chi connectivity index (χ0n) is 3.55. The van der Waals surface area contributed by atoms with Gasteiger partial charge in [-0.3, -0.25) is 0 Å². The average Bonchev–Trinajstić information content (AvgIpc) is 1.75. The Morgan fingerprint density at radius 1 is 1.67 bits per heavy atom. The van der Waals surface area contributed by atoms with Gasteiger partial charge in [0.2, 0.25) is 0 Å². The molecule has 0 aromatic carbocycles. The van der Waals surface area contributed by atoms with Crippen LogP contribution in [0.25, 0.3) is 0 Å². The molecule has 1 saturated heterocycles. The fourth-order valence-electron chi connectivity index (χ4n) is 0.0786. The molecular weight excluding hydrogens is 325 g/mol. The van der Waals surface area contributed by atoms with Crippen LogP contribution >= 0.6 is 0 Å². The topological polar surface area (TPSA) is 12.5 Å². The van der Waals surface area contributed by atoms with Gasteiger partial charge < -0.3 is 4.74 Å². The summed E-state index contributed by atoms with van der Waals surface area (Å²) in [4.78, 5) is 0. The molecule has 0 amide bonds. The van der Waals surface area contributed by atoms with E-state index in [-0.39, 0.29) is 53.8 Å². The van der Waals surface area contributed by atoms with Crippen LogP contribution in [0.1, 0.15) is 6.92 Å². The van der Waals surface area contributed by atoms with Crippen molar-refractivity contribution in [2.24, 2.45) is 0 Å². The molecule has 1 atom stereocenters. The van der Waals surface area contributed by atoms with Crippen molar-refractivity contribution in [3.05, 3.63) is 6.61 Å². The first kappa shape index (κ1) is 10.7. The van der Waals surface area contributed by atoms with Crippen LogP contribution in [0.2, 0.25) is 0 Å². The molecule has 1 fully saturated rings. The van der Waals surface area contributed by atoms with Crippen LogP contribution in [0, 0.1) is 6.61 Å². The molecule has 1 nitrogen and oxygen atoms in total. The smallest absolute Gasteiger partial charge is 0 e. The van der Waals surface area contributed by atoms with Crippen LogP contribution in [-0.2, 0) is 58.5 Å². The summed E-state index contributed by atoms with van der Waals surface area (Å²) in [6.45, 7) is 3.79. The van der Waals surface area contributed by atoms with Gasteiger partial charge in [-0.2, -0.15) is 6.61 Å². The van der Waals surface area contributed by atoms with E-state index in [9.17, 15) is 0 Å². The van der Waals surface area contributed by atoms with Crippen LogP contribution in [0.5, 0.6) is 0 Å². The first-order chi connectivity index (χ1) is 1.89. The minimum Gasteiger partial charge on any atom is -0.570 e. The summed E-state index contributed by atoms with van der Waals surface area (Å²) in [6, 6.07) is 0. The van der Waals surface area contributed by atoms with E-state index in [1.165, 1.54) is 0 Å². The van der Waals surface area contributed by atoms with Crippen molar-refractivity contribution in [2.75, 3.05) is 0 Å². The third-order valence-electron chi connectivity index (χ3n) is 0.408. The zero-order chi connectivity index (χ0) is 2.99. The van der Waals surface area contributed by atoms with Crippen molar-refractivity contribution < 1.29 is 58.5 Å². The van der Waals surface area contributed by atoms with Gasteiger partial charge in [-0.1, -0.05) is 13.0 Å². The van der Waals surface area contributed by atoms with E-state index >= 15 is 0 Å². The van der Waals surface area contributed by atoms with Crippen LogP contribution in [0.3, 0.4) is 0 Å². The molecule has 0 N–H and O–H groups in total. The van der Waals surface area contributed by atoms with Crippen molar-refractivity contribution in [1.29, 1.82) is 0 Å². The van der Waals surface area contributed by atoms with Gasteiger partial charge in [0.25, 0.3) is 0 Å². The Bertz CT molecular complexity index is 30.0. The van der Waals surface area contributed by atoms with E-state index in [0.717, 1.165) is 0 Å². The number of ether oxygens (including phenoxy) is 1. The number of hydrogen-bond acceptors (Lipinski definition) is 1. The molecule has 1 radical (unpaired) electrons. The van der Waals surface area contributed by atoms with Crippen LogP contribution in [0.4, 0.5) is 0 Å². The second-order valence-electron chi connectivity index (χ2n) is 0.977. The van der Waals surface area contributed by atoms with Gasteiger partial charge >= 0.3 is 0 Å². The molecule has 0 aromatic rings. The standard InChI is InChI=1S/C3H5O.W.Y/c1-3-2-4-3;;/h2-3H,1H3;;/q-1;;. The molecule has 0 aliphatic carbocycles. The van der Waals surface area contributed by atoms with Crippen molar-refractivity contribution >= 4 is 0 Å². The monoisotopic (exact) mass is 330 g/mol. The predicted molar refractivity (Wildman–Crippen MR) is 14.8 cm³/mol. The number of epoxide rings is 1. The second kappa shape index (κ2) is 4.90. The summed E-state index contributed by atoms with van der Waals surface area (Å²) < 4.78 is 4.58. The van der Waals surface area contributed by atoms with Gasteiger partial charge in [0.1, 0.15) is 0 Å². The van der Waals surface area contributed by atoms with E-state index in [1.54, 1.807) is 6.61 Å². The first-order valence-corrected chi connectivity index (χ1v) is 1.38. The Hall–Kier alpha value is 1.75. The largest absolute Gasteiger partial charge is 0.570 e. The van der Waals surface area contributed by atoms with Gasteiger partial charge in [-0.25, -0.2) is 0 Å². The van der Waals surface area contributed by atoms with Crippen molar-refractivity contribution in [3.63, 3.8) is 0 Å². The van der Waals surface area contributed by atoms with E-state index in [1.807, 2.05) is 6.92 Å². The summed E-state index contributed by atoms with van der Waals surface area (Å²) >= 11 is 0. The van der Waals surface area contributed by atoms with Crippen LogP contribution in [0.15, 0.2) is 0 Å². The van der Waals surface area contributed by atoms with Gasteiger partial charge in [-0.05, 0) is 0 Å². The van der Waals surface area contributed by atoms with Gasteiger partial charge in [-0.15, -0.1) is 0 Å². The zero-order valence-corrected chi connectivity index (χ0v) is 9.32. The Balaban J connectivity index is 0. The third-order valence-corrected chi connectivity index (χ3v) is 0.408. The Labute approximate surface area is 77.3 Å². The van der Waals surface area contributed by atoms with Gasteiger partial charge in [0.15, 0.2) is 0 Å². The molecular formula is C3H5OWY-. The molecule has 1 aliphatic rings. The van der Waals surface area contributed by atoms with Crippen LogP contribution < -0.4 is 0 Å². The molecule has 1 rings (SSSR count). The summed E-state index contributed by atoms with van der Waals surface area (Å²) in [5.74, 6) is 0. The maximum absolute atomic E-state index is 4.58. The van der Waals surface area contributed by atoms with Crippen LogP contribution in [-0.4, -0.2) is 6.10 Å². The molecule has 0 spiro atoms. The summed E-state index contributed by atoms with van der Waals surface area (Å²) in [5.41, 5.74) is 0. The fraction of sp³-hybridized carbons (Fsp3) is 0.667. The van der Waals surface area contributed by atoms with E-state index in [0.29, 0.717) is 6.10 Å². The minimum absolute atomic E-state index is 0. The second-order valence-corrected chi connectivity index (χ2v) is 0.977. The van der Waals surface area contributed by atoms with Crippen molar-refractivity contribution in [3.8, 4) is 0 Å². The predicted octanol–water partition coefficient (Wildman–Crippen LogP) is 0.562. The first-order valence-electron chi connectivity index (χ1n) is 1.38. The summed E-state index contributed by atoms with van der Waals surface area (Å²) in [5, 5.41) is 0. The molecule has 0 saturated carbocycles. The quantitative estimate of drug-likeness (QED) is 0.467. The Morgan fingerprint density at radius 2 is 1.83 bits per heavy atom. The summed E-state index contributed by atoms with van der Waals surface area (Å²) in [6.07, 6.45) is 0.458. The maximum atomic E-state index is 4.58. The maximum Gasteiger partial charge on any atom is 0 e. The Kier molecular flexibility index (Phi) is 8.72. The van der Waals surface area contributed by atoms with E-state index in [4.69, 9.17) is 0 Å². The molecule has 1 unspecified atom stereocenters. The van der Waals surface area contributed by atoms with Crippen molar-refractivity contribution in [2.45, 2.75) is 13.0 Å². The van der Waals surface area contributed by atoms with Gasteiger partial charge in [0.05, 0.1) is 0 Å². The molecule has 6 heavy (non-hydrogen) atoms.